The minimum absolute atomic E-state index is 0.0408. The van der Waals surface area contributed by atoms with Gasteiger partial charge in [-0.25, -0.2) is 4.98 Å². The first-order chi connectivity index (χ1) is 15.2. The van der Waals surface area contributed by atoms with Crippen molar-refractivity contribution in [2.45, 2.75) is 63.5 Å². The van der Waals surface area contributed by atoms with E-state index in [2.05, 4.69) is 51.7 Å². The standard InChI is InChI=1S/C26H30N4O/c1-20-17-28-24(30(20)19-21-9-7-15-27-18-21)23-12-8-16-29(23)25(31)26(13-5-6-14-26)22-10-3-2-4-11-22/h2-4,7,9-11,15,17-18,23H,5-6,8,12-14,16,19H2,1H3. The van der Waals surface area contributed by atoms with E-state index in [1.165, 1.54) is 5.56 Å². The topological polar surface area (TPSA) is 51.0 Å². The number of aromatic nitrogens is 3. The van der Waals surface area contributed by atoms with Crippen molar-refractivity contribution in [1.82, 2.24) is 19.4 Å². The maximum Gasteiger partial charge on any atom is 0.233 e. The molecule has 1 saturated heterocycles. The molecule has 1 amide bonds. The van der Waals surface area contributed by atoms with Gasteiger partial charge in [0.2, 0.25) is 5.91 Å². The molecule has 1 aliphatic carbocycles. The zero-order valence-electron chi connectivity index (χ0n) is 18.2. The Balaban J connectivity index is 1.47. The fourth-order valence-electron chi connectivity index (χ4n) is 5.54. The molecular weight excluding hydrogens is 384 g/mol. The molecule has 5 nitrogen and oxygen atoms in total. The summed E-state index contributed by atoms with van der Waals surface area (Å²) in [5, 5.41) is 0. The predicted octanol–water partition coefficient (Wildman–Crippen LogP) is 4.81. The summed E-state index contributed by atoms with van der Waals surface area (Å²) in [6, 6.07) is 14.5. The Labute approximate surface area is 184 Å². The molecule has 1 saturated carbocycles. The normalized spacial score (nSPS) is 20.3. The van der Waals surface area contributed by atoms with E-state index in [0.717, 1.165) is 68.7 Å². The molecule has 5 heteroatoms. The van der Waals surface area contributed by atoms with Crippen molar-refractivity contribution in [3.63, 3.8) is 0 Å². The molecule has 160 valence electrons. The van der Waals surface area contributed by atoms with Gasteiger partial charge in [-0.15, -0.1) is 0 Å². The molecule has 3 heterocycles. The van der Waals surface area contributed by atoms with Crippen LogP contribution in [0.2, 0.25) is 0 Å². The molecule has 0 radical (unpaired) electrons. The first-order valence-electron chi connectivity index (χ1n) is 11.5. The van der Waals surface area contributed by atoms with E-state index in [-0.39, 0.29) is 11.5 Å². The second-order valence-electron chi connectivity index (χ2n) is 9.02. The predicted molar refractivity (Wildman–Crippen MR) is 121 cm³/mol. The fourth-order valence-corrected chi connectivity index (χ4v) is 5.54. The Bertz CT molecular complexity index is 1040. The second kappa shape index (κ2) is 8.29. The Hall–Kier alpha value is -2.95. The Kier molecular flexibility index (Phi) is 5.34. The monoisotopic (exact) mass is 414 g/mol. The molecule has 1 atom stereocenters. The Morgan fingerprint density at radius 1 is 1.06 bits per heavy atom. The van der Waals surface area contributed by atoms with Crippen molar-refractivity contribution in [1.29, 1.82) is 0 Å². The summed E-state index contributed by atoms with van der Waals surface area (Å²) < 4.78 is 2.26. The minimum Gasteiger partial charge on any atom is -0.332 e. The summed E-state index contributed by atoms with van der Waals surface area (Å²) in [7, 11) is 0. The van der Waals surface area contributed by atoms with E-state index in [0.29, 0.717) is 5.91 Å². The molecule has 2 aromatic heterocycles. The van der Waals surface area contributed by atoms with Gasteiger partial charge in [0.25, 0.3) is 0 Å². The number of aryl methyl sites for hydroxylation is 1. The van der Waals surface area contributed by atoms with Crippen LogP contribution in [-0.2, 0) is 16.8 Å². The molecule has 0 N–H and O–H groups in total. The number of amides is 1. The van der Waals surface area contributed by atoms with Crippen molar-refractivity contribution >= 4 is 5.91 Å². The maximum absolute atomic E-state index is 14.1. The number of hydrogen-bond donors (Lipinski definition) is 0. The molecule has 3 aromatic rings. The Morgan fingerprint density at radius 3 is 2.61 bits per heavy atom. The summed E-state index contributed by atoms with van der Waals surface area (Å²) in [6.07, 6.45) is 11.8. The number of carbonyl (C=O) groups excluding carboxylic acids is 1. The number of imidazole rings is 1. The van der Waals surface area contributed by atoms with Gasteiger partial charge in [-0.3, -0.25) is 9.78 Å². The highest BCUT2D eigenvalue weighted by Gasteiger charge is 2.48. The van der Waals surface area contributed by atoms with Crippen LogP contribution in [-0.4, -0.2) is 31.9 Å². The molecule has 1 unspecified atom stereocenters. The van der Waals surface area contributed by atoms with E-state index in [9.17, 15) is 4.79 Å². The molecule has 2 fully saturated rings. The van der Waals surface area contributed by atoms with E-state index in [4.69, 9.17) is 4.98 Å². The highest BCUT2D eigenvalue weighted by molar-refractivity contribution is 5.89. The lowest BCUT2D eigenvalue weighted by Gasteiger charge is -2.36. The SMILES string of the molecule is Cc1cnc(C2CCCN2C(=O)C2(c3ccccc3)CCCC2)n1Cc1cccnc1. The molecule has 5 rings (SSSR count). The summed E-state index contributed by atoms with van der Waals surface area (Å²) in [6.45, 7) is 3.64. The number of nitrogens with zero attached hydrogens (tertiary/aromatic N) is 4. The zero-order chi connectivity index (χ0) is 21.3. The number of rotatable bonds is 5. The minimum atomic E-state index is -0.375. The molecular formula is C26H30N4O. The van der Waals surface area contributed by atoms with Gasteiger partial charge in [0.1, 0.15) is 5.82 Å². The van der Waals surface area contributed by atoms with Crippen LogP contribution < -0.4 is 0 Å². The Morgan fingerprint density at radius 2 is 1.87 bits per heavy atom. The van der Waals surface area contributed by atoms with E-state index in [1.54, 1.807) is 6.20 Å². The zero-order valence-corrected chi connectivity index (χ0v) is 18.2. The van der Waals surface area contributed by atoms with Gasteiger partial charge in [0, 0.05) is 30.8 Å². The van der Waals surface area contributed by atoms with Crippen LogP contribution in [0, 0.1) is 6.92 Å². The van der Waals surface area contributed by atoms with Crippen LogP contribution in [0.3, 0.4) is 0 Å². The van der Waals surface area contributed by atoms with E-state index < -0.39 is 0 Å². The van der Waals surface area contributed by atoms with E-state index in [1.807, 2.05) is 24.5 Å². The fraction of sp³-hybridized carbons (Fsp3) is 0.423. The van der Waals surface area contributed by atoms with Crippen LogP contribution in [0.1, 0.15) is 67.2 Å². The van der Waals surface area contributed by atoms with Gasteiger partial charge in [0.05, 0.1) is 18.0 Å². The number of carbonyl (C=O) groups is 1. The third kappa shape index (κ3) is 3.56. The van der Waals surface area contributed by atoms with Gasteiger partial charge in [0.15, 0.2) is 0 Å². The average molecular weight is 415 g/mol. The third-order valence-electron chi connectivity index (χ3n) is 7.15. The first-order valence-corrected chi connectivity index (χ1v) is 11.5. The van der Waals surface area contributed by atoms with Gasteiger partial charge < -0.3 is 9.47 Å². The van der Waals surface area contributed by atoms with Crippen molar-refractivity contribution < 1.29 is 4.79 Å². The van der Waals surface area contributed by atoms with Gasteiger partial charge in [-0.05, 0) is 49.8 Å². The third-order valence-corrected chi connectivity index (χ3v) is 7.15. The first kappa shape index (κ1) is 20.0. The summed E-state index contributed by atoms with van der Waals surface area (Å²) in [4.78, 5) is 25.3. The lowest BCUT2D eigenvalue weighted by Crippen LogP contribution is -2.45. The van der Waals surface area contributed by atoms with Gasteiger partial charge >= 0.3 is 0 Å². The lowest BCUT2D eigenvalue weighted by atomic mass is 9.77. The lowest BCUT2D eigenvalue weighted by molar-refractivity contribution is -0.138. The van der Waals surface area contributed by atoms with Crippen molar-refractivity contribution in [3.8, 4) is 0 Å². The molecule has 2 aliphatic rings. The van der Waals surface area contributed by atoms with Gasteiger partial charge in [-0.2, -0.15) is 0 Å². The smallest absolute Gasteiger partial charge is 0.233 e. The van der Waals surface area contributed by atoms with Crippen LogP contribution in [0.25, 0.3) is 0 Å². The van der Waals surface area contributed by atoms with Crippen molar-refractivity contribution in [2.75, 3.05) is 6.54 Å². The largest absolute Gasteiger partial charge is 0.332 e. The molecule has 0 bridgehead atoms. The average Bonchev–Trinajstić information content (AvgIpc) is 3.56. The van der Waals surface area contributed by atoms with Crippen LogP contribution in [0.4, 0.5) is 0 Å². The number of hydrogen-bond acceptors (Lipinski definition) is 3. The van der Waals surface area contributed by atoms with Crippen LogP contribution in [0.15, 0.2) is 61.1 Å². The van der Waals surface area contributed by atoms with E-state index >= 15 is 0 Å². The second-order valence-corrected chi connectivity index (χ2v) is 9.02. The van der Waals surface area contributed by atoms with Crippen LogP contribution >= 0.6 is 0 Å². The number of benzene rings is 1. The van der Waals surface area contributed by atoms with Crippen molar-refractivity contribution in [3.05, 3.63) is 83.7 Å². The maximum atomic E-state index is 14.1. The summed E-state index contributed by atoms with van der Waals surface area (Å²) in [5.41, 5.74) is 3.08. The molecule has 1 aliphatic heterocycles. The number of pyridine rings is 1. The molecule has 1 aromatic carbocycles. The molecule has 31 heavy (non-hydrogen) atoms. The molecule has 0 spiro atoms. The van der Waals surface area contributed by atoms with Gasteiger partial charge in [-0.1, -0.05) is 49.2 Å². The van der Waals surface area contributed by atoms with Crippen molar-refractivity contribution in [2.24, 2.45) is 0 Å². The highest BCUT2D eigenvalue weighted by atomic mass is 16.2. The quantitative estimate of drug-likeness (QED) is 0.602. The summed E-state index contributed by atoms with van der Waals surface area (Å²) in [5.74, 6) is 1.31. The highest BCUT2D eigenvalue weighted by Crippen LogP contribution is 2.45. The summed E-state index contributed by atoms with van der Waals surface area (Å²) >= 11 is 0. The number of likely N-dealkylation sites (tertiary alicyclic amines) is 1. The van der Waals surface area contributed by atoms with Crippen LogP contribution in [0.5, 0.6) is 0 Å².